The summed E-state index contributed by atoms with van der Waals surface area (Å²) in [7, 11) is 0. The number of fused-ring (bicyclic) bond motifs is 1. The van der Waals surface area contributed by atoms with Gasteiger partial charge in [0.25, 0.3) is 0 Å². The molecular weight excluding hydrogens is 212 g/mol. The fourth-order valence-electron chi connectivity index (χ4n) is 1.90. The van der Waals surface area contributed by atoms with E-state index >= 15 is 0 Å². The van der Waals surface area contributed by atoms with Crippen molar-refractivity contribution in [3.05, 3.63) is 30.2 Å². The quantitative estimate of drug-likeness (QED) is 0.777. The third kappa shape index (κ3) is 3.56. The zero-order valence-corrected chi connectivity index (χ0v) is 10.6. The molecule has 1 N–H and O–H groups in total. The van der Waals surface area contributed by atoms with Gasteiger partial charge in [-0.3, -0.25) is 0 Å². The Balaban J connectivity index is 1.78. The molecule has 0 aliphatic heterocycles. The Labute approximate surface area is 102 Å². The number of unbranched alkanes of at least 4 members (excludes halogenated alkanes) is 1. The molecule has 0 atom stereocenters. The van der Waals surface area contributed by atoms with Crippen LogP contribution in [0.5, 0.6) is 0 Å². The van der Waals surface area contributed by atoms with Crippen LogP contribution in [-0.4, -0.2) is 17.6 Å². The molecule has 2 aromatic rings. The number of rotatable bonds is 6. The Kier molecular flexibility index (Phi) is 4.15. The molecule has 0 amide bonds. The summed E-state index contributed by atoms with van der Waals surface area (Å²) in [4.78, 5) is 4.11. The number of benzene rings is 1. The van der Waals surface area contributed by atoms with Gasteiger partial charge in [-0.1, -0.05) is 19.9 Å². The minimum Gasteiger partial charge on any atom is -0.443 e. The standard InChI is InChI=1S/C14H20N2O/c1-11(2)15-8-4-3-5-12-6-7-13-14(9-12)17-10-16-13/h6-7,9-11,15H,3-5,8H2,1-2H3. The van der Waals surface area contributed by atoms with Crippen LogP contribution in [0.25, 0.3) is 11.1 Å². The molecule has 3 heteroatoms. The van der Waals surface area contributed by atoms with Gasteiger partial charge < -0.3 is 9.73 Å². The Morgan fingerprint density at radius 3 is 3.00 bits per heavy atom. The Morgan fingerprint density at radius 1 is 1.29 bits per heavy atom. The molecule has 0 aliphatic carbocycles. The van der Waals surface area contributed by atoms with Crippen LogP contribution in [-0.2, 0) is 6.42 Å². The van der Waals surface area contributed by atoms with Crippen molar-refractivity contribution in [2.45, 2.75) is 39.2 Å². The fraction of sp³-hybridized carbons (Fsp3) is 0.500. The van der Waals surface area contributed by atoms with Crippen LogP contribution in [0.15, 0.2) is 29.0 Å². The highest BCUT2D eigenvalue weighted by molar-refractivity contribution is 5.72. The highest BCUT2D eigenvalue weighted by atomic mass is 16.3. The number of nitrogens with zero attached hydrogens (tertiary/aromatic N) is 1. The molecule has 0 spiro atoms. The van der Waals surface area contributed by atoms with Crippen molar-refractivity contribution in [3.8, 4) is 0 Å². The predicted octanol–water partition coefficient (Wildman–Crippen LogP) is 3.15. The van der Waals surface area contributed by atoms with Gasteiger partial charge in [0.1, 0.15) is 5.52 Å². The summed E-state index contributed by atoms with van der Waals surface area (Å²) >= 11 is 0. The Hall–Kier alpha value is -1.35. The van der Waals surface area contributed by atoms with Crippen LogP contribution >= 0.6 is 0 Å². The van der Waals surface area contributed by atoms with Gasteiger partial charge in [0.05, 0.1) is 0 Å². The Bertz CT molecular complexity index is 462. The highest BCUT2D eigenvalue weighted by Gasteiger charge is 2.00. The van der Waals surface area contributed by atoms with Crippen molar-refractivity contribution in [1.29, 1.82) is 0 Å². The molecule has 1 aromatic heterocycles. The molecule has 1 heterocycles. The number of hydrogen-bond donors (Lipinski definition) is 1. The molecule has 92 valence electrons. The van der Waals surface area contributed by atoms with E-state index in [1.165, 1.54) is 24.8 Å². The zero-order chi connectivity index (χ0) is 12.1. The predicted molar refractivity (Wildman–Crippen MR) is 70.1 cm³/mol. The van der Waals surface area contributed by atoms with Gasteiger partial charge in [-0.15, -0.1) is 0 Å². The maximum Gasteiger partial charge on any atom is 0.181 e. The maximum absolute atomic E-state index is 5.29. The lowest BCUT2D eigenvalue weighted by Crippen LogP contribution is -2.23. The topological polar surface area (TPSA) is 38.1 Å². The summed E-state index contributed by atoms with van der Waals surface area (Å²) in [6.07, 6.45) is 5.03. The summed E-state index contributed by atoms with van der Waals surface area (Å²) in [6, 6.07) is 6.85. The molecule has 0 bridgehead atoms. The first-order valence-electron chi connectivity index (χ1n) is 6.31. The second-order valence-corrected chi connectivity index (χ2v) is 4.72. The van der Waals surface area contributed by atoms with Crippen molar-refractivity contribution in [2.24, 2.45) is 0 Å². The third-order valence-corrected chi connectivity index (χ3v) is 2.84. The summed E-state index contributed by atoms with van der Waals surface area (Å²) in [5.74, 6) is 0. The molecule has 0 aliphatic rings. The minimum atomic E-state index is 0.584. The van der Waals surface area contributed by atoms with Gasteiger partial charge in [0.2, 0.25) is 0 Å². The number of aryl methyl sites for hydroxylation is 1. The fourth-order valence-corrected chi connectivity index (χ4v) is 1.90. The molecule has 0 saturated carbocycles. The van der Waals surface area contributed by atoms with Crippen LogP contribution in [0.3, 0.4) is 0 Å². The minimum absolute atomic E-state index is 0.584. The smallest absolute Gasteiger partial charge is 0.181 e. The summed E-state index contributed by atoms with van der Waals surface area (Å²) in [5.41, 5.74) is 3.16. The monoisotopic (exact) mass is 232 g/mol. The van der Waals surface area contributed by atoms with E-state index < -0.39 is 0 Å². The molecule has 3 nitrogen and oxygen atoms in total. The number of nitrogens with one attached hydrogen (secondary N) is 1. The largest absolute Gasteiger partial charge is 0.443 e. The summed E-state index contributed by atoms with van der Waals surface area (Å²) < 4.78 is 5.29. The van der Waals surface area contributed by atoms with E-state index in [2.05, 4.69) is 36.3 Å². The van der Waals surface area contributed by atoms with Crippen LogP contribution in [0.4, 0.5) is 0 Å². The van der Waals surface area contributed by atoms with Crippen LogP contribution in [0, 0.1) is 0 Å². The van der Waals surface area contributed by atoms with E-state index in [1.54, 1.807) is 0 Å². The molecule has 0 unspecified atom stereocenters. The number of aromatic nitrogens is 1. The van der Waals surface area contributed by atoms with Crippen molar-refractivity contribution in [2.75, 3.05) is 6.54 Å². The average molecular weight is 232 g/mol. The van der Waals surface area contributed by atoms with Crippen LogP contribution in [0.1, 0.15) is 32.3 Å². The first kappa shape index (κ1) is 12.1. The summed E-state index contributed by atoms with van der Waals surface area (Å²) in [6.45, 7) is 5.46. The van der Waals surface area contributed by atoms with E-state index in [-0.39, 0.29) is 0 Å². The third-order valence-electron chi connectivity index (χ3n) is 2.84. The number of hydrogen-bond acceptors (Lipinski definition) is 3. The molecule has 17 heavy (non-hydrogen) atoms. The van der Waals surface area contributed by atoms with Gasteiger partial charge in [0, 0.05) is 6.04 Å². The van der Waals surface area contributed by atoms with Gasteiger partial charge in [0.15, 0.2) is 12.0 Å². The lowest BCUT2D eigenvalue weighted by atomic mass is 10.1. The van der Waals surface area contributed by atoms with E-state index in [9.17, 15) is 0 Å². The van der Waals surface area contributed by atoms with Crippen molar-refractivity contribution in [3.63, 3.8) is 0 Å². The van der Waals surface area contributed by atoms with Gasteiger partial charge in [-0.25, -0.2) is 4.98 Å². The van der Waals surface area contributed by atoms with Gasteiger partial charge in [-0.2, -0.15) is 0 Å². The molecular formula is C14H20N2O. The second kappa shape index (κ2) is 5.82. The van der Waals surface area contributed by atoms with Crippen molar-refractivity contribution >= 4 is 11.1 Å². The molecule has 0 saturated heterocycles. The Morgan fingerprint density at radius 2 is 2.18 bits per heavy atom. The molecule has 1 aromatic carbocycles. The van der Waals surface area contributed by atoms with E-state index in [4.69, 9.17) is 4.42 Å². The van der Waals surface area contributed by atoms with Crippen LogP contribution in [0.2, 0.25) is 0 Å². The zero-order valence-electron chi connectivity index (χ0n) is 10.6. The normalized spacial score (nSPS) is 11.5. The van der Waals surface area contributed by atoms with Gasteiger partial charge >= 0.3 is 0 Å². The second-order valence-electron chi connectivity index (χ2n) is 4.72. The van der Waals surface area contributed by atoms with Crippen molar-refractivity contribution in [1.82, 2.24) is 10.3 Å². The first-order valence-corrected chi connectivity index (χ1v) is 6.31. The average Bonchev–Trinajstić information content (AvgIpc) is 2.75. The SMILES string of the molecule is CC(C)NCCCCc1ccc2ncoc2c1. The van der Waals surface area contributed by atoms with E-state index in [0.29, 0.717) is 6.04 Å². The first-order chi connectivity index (χ1) is 8.25. The van der Waals surface area contributed by atoms with E-state index in [1.807, 2.05) is 6.07 Å². The van der Waals surface area contributed by atoms with Gasteiger partial charge in [-0.05, 0) is 43.5 Å². The highest BCUT2D eigenvalue weighted by Crippen LogP contribution is 2.15. The number of oxazole rings is 1. The molecule has 2 rings (SSSR count). The summed E-state index contributed by atoms with van der Waals surface area (Å²) in [5, 5.41) is 3.43. The van der Waals surface area contributed by atoms with Crippen LogP contribution < -0.4 is 5.32 Å². The van der Waals surface area contributed by atoms with E-state index in [0.717, 1.165) is 24.1 Å². The maximum atomic E-state index is 5.29. The molecule has 0 radical (unpaired) electrons. The van der Waals surface area contributed by atoms with Crippen molar-refractivity contribution < 1.29 is 4.42 Å². The lowest BCUT2D eigenvalue weighted by Gasteiger charge is -2.07. The lowest BCUT2D eigenvalue weighted by molar-refractivity contribution is 0.557. The molecule has 0 fully saturated rings.